The topological polar surface area (TPSA) is 123 Å². The molecule has 0 aliphatic carbocycles. The summed E-state index contributed by atoms with van der Waals surface area (Å²) in [4.78, 5) is 26.6. The molecule has 0 N–H and O–H groups in total. The first-order valence-corrected chi connectivity index (χ1v) is 36.9. The van der Waals surface area contributed by atoms with Gasteiger partial charge in [-0.2, -0.15) is 5.26 Å². The fourth-order valence-corrected chi connectivity index (χ4v) is 11.0. The number of nitrogens with zero attached hydrogens (tertiary/aromatic N) is 1. The van der Waals surface area contributed by atoms with Crippen molar-refractivity contribution in [3.8, 4) is 6.07 Å². The summed E-state index contributed by atoms with van der Waals surface area (Å²) in [5, 5.41) is 9.23. The molecule has 71 heavy (non-hydrogen) atoms. The quantitative estimate of drug-likeness (QED) is 0.0190. The minimum absolute atomic E-state index is 0.00537. The van der Waals surface area contributed by atoms with Crippen molar-refractivity contribution in [1.82, 2.24) is 0 Å². The van der Waals surface area contributed by atoms with Gasteiger partial charge in [-0.15, -0.1) is 0 Å². The van der Waals surface area contributed by atoms with E-state index in [9.17, 15) is 14.9 Å². The molecule has 0 aliphatic rings. The van der Waals surface area contributed by atoms with Crippen molar-refractivity contribution < 1.29 is 41.5 Å². The van der Waals surface area contributed by atoms with Crippen LogP contribution in [0.3, 0.4) is 0 Å². The maximum atomic E-state index is 13.3. The van der Waals surface area contributed by atoms with Crippen LogP contribution in [0.25, 0.3) is 0 Å². The van der Waals surface area contributed by atoms with Gasteiger partial charge < -0.3 is 31.9 Å². The first kappa shape index (κ1) is 69.8. The first-order chi connectivity index (χ1) is 33.6. The number of carbonyl (C=O) groups is 2. The minimum Gasteiger partial charge on any atom is -0.457 e. The molecular formula is C57H110NO9PSSi2. The Bertz CT molecular complexity index is 1390. The maximum Gasteiger partial charge on any atom is 0.327 e. The fraction of sp³-hybridized carbons (Fsp3) is 0.877. The highest BCUT2D eigenvalue weighted by Crippen LogP contribution is 2.50. The zero-order chi connectivity index (χ0) is 53.3. The van der Waals surface area contributed by atoms with E-state index in [4.69, 9.17) is 43.7 Å². The van der Waals surface area contributed by atoms with Crippen LogP contribution >= 0.6 is 6.72 Å². The van der Waals surface area contributed by atoms with Gasteiger partial charge >= 0.3 is 18.7 Å². The number of rotatable bonds is 47. The van der Waals surface area contributed by atoms with E-state index in [-0.39, 0.29) is 61.5 Å². The molecule has 0 aromatic heterocycles. The van der Waals surface area contributed by atoms with Crippen LogP contribution in [0.5, 0.6) is 0 Å². The van der Waals surface area contributed by atoms with Gasteiger partial charge in [0.2, 0.25) is 0 Å². The normalized spacial score (nSPS) is 13.8. The second kappa shape index (κ2) is 42.0. The number of hydrogen-bond donors (Lipinski definition) is 0. The Labute approximate surface area is 445 Å². The van der Waals surface area contributed by atoms with E-state index in [1.54, 1.807) is 0 Å². The van der Waals surface area contributed by atoms with Gasteiger partial charge in [-0.3, -0.25) is 9.59 Å². The van der Waals surface area contributed by atoms with Gasteiger partial charge in [0, 0.05) is 12.8 Å². The minimum atomic E-state index is -3.54. The number of nitriles is 1. The summed E-state index contributed by atoms with van der Waals surface area (Å²) < 4.78 is 43.7. The Balaban J connectivity index is 5.50. The lowest BCUT2D eigenvalue weighted by atomic mass is 10.1. The molecule has 0 aromatic carbocycles. The molecule has 0 spiro atoms. The van der Waals surface area contributed by atoms with E-state index >= 15 is 0 Å². The van der Waals surface area contributed by atoms with Crippen LogP contribution in [-0.2, 0) is 53.3 Å². The lowest BCUT2D eigenvalue weighted by Gasteiger charge is -2.37. The van der Waals surface area contributed by atoms with Crippen molar-refractivity contribution in [3.05, 3.63) is 24.3 Å². The Hall–Kier alpha value is -1.21. The highest BCUT2D eigenvalue weighted by molar-refractivity contribution is 8.07. The molecule has 0 heterocycles. The Morgan fingerprint density at radius 3 is 1.13 bits per heavy atom. The van der Waals surface area contributed by atoms with Crippen LogP contribution in [0.15, 0.2) is 24.3 Å². The lowest BCUT2D eigenvalue weighted by Crippen LogP contribution is -2.44. The van der Waals surface area contributed by atoms with Gasteiger partial charge in [0.1, 0.15) is 12.2 Å². The summed E-state index contributed by atoms with van der Waals surface area (Å²) >= 11 is 5.94. The Kier molecular flexibility index (Phi) is 41.3. The Morgan fingerprint density at radius 1 is 0.507 bits per heavy atom. The molecule has 0 bridgehead atoms. The van der Waals surface area contributed by atoms with Gasteiger partial charge in [0.25, 0.3) is 0 Å². The lowest BCUT2D eigenvalue weighted by molar-refractivity contribution is -0.153. The Morgan fingerprint density at radius 2 is 0.817 bits per heavy atom. The number of esters is 2. The molecule has 0 aromatic rings. The zero-order valence-electron chi connectivity index (χ0n) is 48.0. The summed E-state index contributed by atoms with van der Waals surface area (Å²) in [6.07, 6.45) is 39.2. The third-order valence-corrected chi connectivity index (χ3v) is 25.4. The molecule has 0 aliphatic heterocycles. The second-order valence-electron chi connectivity index (χ2n) is 22.8. The van der Waals surface area contributed by atoms with Crippen molar-refractivity contribution in [2.45, 2.75) is 290 Å². The number of ether oxygens (including phenoxy) is 2. The molecule has 10 nitrogen and oxygen atoms in total. The summed E-state index contributed by atoms with van der Waals surface area (Å²) in [7, 11) is -4.45. The maximum absolute atomic E-state index is 13.3. The van der Waals surface area contributed by atoms with Gasteiger partial charge in [-0.1, -0.05) is 182 Å². The average Bonchev–Trinajstić information content (AvgIpc) is 3.30. The highest BCUT2D eigenvalue weighted by Gasteiger charge is 2.40. The molecule has 0 unspecified atom stereocenters. The van der Waals surface area contributed by atoms with Gasteiger partial charge in [0.05, 0.1) is 45.5 Å². The second-order valence-corrected chi connectivity index (χ2v) is 35.4. The van der Waals surface area contributed by atoms with Crippen molar-refractivity contribution in [2.75, 3.05) is 33.0 Å². The van der Waals surface area contributed by atoms with Gasteiger partial charge in [-0.05, 0) is 112 Å². The van der Waals surface area contributed by atoms with Crippen LogP contribution in [0.1, 0.15) is 242 Å². The van der Waals surface area contributed by atoms with Crippen LogP contribution in [0, 0.1) is 11.3 Å². The summed E-state index contributed by atoms with van der Waals surface area (Å²) in [6.45, 7) is 22.6. The molecule has 14 heteroatoms. The number of hydrogen-bond acceptors (Lipinski definition) is 11. The van der Waals surface area contributed by atoms with Crippen LogP contribution in [0.4, 0.5) is 0 Å². The third-order valence-electron chi connectivity index (χ3n) is 14.1. The van der Waals surface area contributed by atoms with Crippen LogP contribution in [0.2, 0.25) is 36.3 Å². The standard InChI is InChI=1S/C57H110NO9PSSi2/c1-13-15-17-19-21-23-25-27-29-31-33-35-37-39-41-44-54(59)66-52(50-64-70(9,10)56(3,4)5)48-62-68(69,61-47-43-46-58)63-49-53(51-65-71(11,12)57(6,7)8)67-55(60)45-42-40-38-36-34-32-30-28-26-24-22-20-18-16-14-2/h27-30,52-53H,13-26,31-45,47-51H2,1-12H3/b29-27-,30-28-/t52-,53-/m1/s1. The van der Waals surface area contributed by atoms with Crippen molar-refractivity contribution in [1.29, 1.82) is 5.26 Å². The molecule has 0 fully saturated rings. The SMILES string of the molecule is CCCCCCCC/C=C\CCCCCCCC(=O)O[C@@H](CO[Si](C)(C)C(C)(C)C)COP(=S)(OCCC#N)OC[C@H](CO[Si](C)(C)C(C)(C)C)OC(=O)CCCCCCC/C=C\CCCCCCCC. The van der Waals surface area contributed by atoms with E-state index < -0.39 is 35.6 Å². The van der Waals surface area contributed by atoms with Crippen molar-refractivity contribution >= 4 is 47.1 Å². The fourth-order valence-electron chi connectivity index (χ4n) is 7.10. The van der Waals surface area contributed by atoms with Crippen LogP contribution < -0.4 is 0 Å². The van der Waals surface area contributed by atoms with Crippen molar-refractivity contribution in [2.24, 2.45) is 0 Å². The molecule has 0 amide bonds. The summed E-state index contributed by atoms with van der Waals surface area (Å²) in [6, 6.07) is 2.09. The van der Waals surface area contributed by atoms with Crippen molar-refractivity contribution in [3.63, 3.8) is 0 Å². The molecule has 0 radical (unpaired) electrons. The van der Waals surface area contributed by atoms with Crippen LogP contribution in [-0.4, -0.2) is 73.8 Å². The summed E-state index contributed by atoms with van der Waals surface area (Å²) in [5.74, 6) is -0.619. The predicted molar refractivity (Wildman–Crippen MR) is 307 cm³/mol. The predicted octanol–water partition coefficient (Wildman–Crippen LogP) is 18.1. The molecule has 0 saturated heterocycles. The largest absolute Gasteiger partial charge is 0.457 e. The first-order valence-electron chi connectivity index (χ1n) is 28.5. The van der Waals surface area contributed by atoms with E-state index in [0.29, 0.717) is 12.8 Å². The molecule has 0 rings (SSSR count). The zero-order valence-corrected chi connectivity index (χ0v) is 51.7. The highest BCUT2D eigenvalue weighted by atomic mass is 32.5. The smallest absolute Gasteiger partial charge is 0.327 e. The molecule has 2 atom stereocenters. The van der Waals surface area contributed by atoms with E-state index in [0.717, 1.165) is 77.0 Å². The van der Waals surface area contributed by atoms with E-state index in [2.05, 4.69) is 112 Å². The number of allylic oxidation sites excluding steroid dienone is 4. The molecule has 416 valence electrons. The van der Waals surface area contributed by atoms with E-state index in [1.165, 1.54) is 89.9 Å². The van der Waals surface area contributed by atoms with E-state index in [1.807, 2.05) is 0 Å². The number of carbonyl (C=O) groups excluding carboxylic acids is 2. The molecule has 0 saturated carbocycles. The van der Waals surface area contributed by atoms with Gasteiger partial charge in [0.15, 0.2) is 16.6 Å². The molecular weight excluding hydrogens is 962 g/mol. The average molecular weight is 1070 g/mol. The monoisotopic (exact) mass is 1070 g/mol. The third kappa shape index (κ3) is 38.9. The van der Waals surface area contributed by atoms with Gasteiger partial charge in [-0.25, -0.2) is 0 Å². The number of unbranched alkanes of at least 4 members (excludes halogenated alkanes) is 22. The summed E-state index contributed by atoms with van der Waals surface area (Å²) in [5.41, 5.74) is 0.